The third kappa shape index (κ3) is 2.63. The smallest absolute Gasteiger partial charge is 0.339 e. The number of hydrogen-bond acceptors (Lipinski definition) is 3. The van der Waals surface area contributed by atoms with Crippen LogP contribution in [0, 0.1) is 30.2 Å². The number of phenols is 1. The minimum Gasteiger partial charge on any atom is -0.507 e. The van der Waals surface area contributed by atoms with Crippen molar-refractivity contribution in [2.45, 2.75) is 6.92 Å². The summed E-state index contributed by atoms with van der Waals surface area (Å²) in [4.78, 5) is 23.2. The van der Waals surface area contributed by atoms with Crippen LogP contribution in [0.1, 0.15) is 31.8 Å². The number of carbonyl (C=O) groups is 2. The first kappa shape index (κ1) is 16.5. The van der Waals surface area contributed by atoms with Gasteiger partial charge in [-0.1, -0.05) is 6.07 Å². The molecule has 8 heteroatoms. The van der Waals surface area contributed by atoms with Gasteiger partial charge in [-0.05, 0) is 24.6 Å². The Morgan fingerprint density at radius 3 is 1.91 bits per heavy atom. The van der Waals surface area contributed by atoms with Gasteiger partial charge < -0.3 is 10.2 Å². The molecule has 2 rings (SSSR count). The maximum absolute atomic E-state index is 13.9. The second-order valence-corrected chi connectivity index (χ2v) is 4.66. The lowest BCUT2D eigenvalue weighted by atomic mass is 9.95. The van der Waals surface area contributed by atoms with Crippen LogP contribution in [0.3, 0.4) is 0 Å². The van der Waals surface area contributed by atoms with Crippen LogP contribution in [-0.2, 0) is 0 Å². The third-order valence-electron chi connectivity index (χ3n) is 3.11. The summed E-state index contributed by atoms with van der Waals surface area (Å²) in [6, 6.07) is 3.47. The molecule has 0 unspecified atom stereocenters. The molecule has 0 heterocycles. The number of aromatic hydroxyl groups is 1. The second kappa shape index (κ2) is 5.71. The molecule has 0 spiro atoms. The molecule has 0 saturated carbocycles. The van der Waals surface area contributed by atoms with Crippen LogP contribution in [0.5, 0.6) is 5.75 Å². The number of ketones is 1. The van der Waals surface area contributed by atoms with Crippen LogP contribution in [0.4, 0.5) is 17.6 Å². The highest BCUT2D eigenvalue weighted by molar-refractivity contribution is 6.15. The van der Waals surface area contributed by atoms with Crippen LogP contribution in [0.25, 0.3) is 0 Å². The van der Waals surface area contributed by atoms with Crippen LogP contribution in [-0.4, -0.2) is 22.0 Å². The number of aromatic carboxylic acids is 1. The van der Waals surface area contributed by atoms with Gasteiger partial charge in [-0.2, -0.15) is 0 Å². The van der Waals surface area contributed by atoms with Gasteiger partial charge in [-0.15, -0.1) is 0 Å². The maximum Gasteiger partial charge on any atom is 0.339 e. The van der Waals surface area contributed by atoms with Crippen molar-refractivity contribution in [2.24, 2.45) is 0 Å². The van der Waals surface area contributed by atoms with Crippen LogP contribution >= 0.6 is 0 Å². The van der Waals surface area contributed by atoms with E-state index in [1.54, 1.807) is 6.92 Å². The van der Waals surface area contributed by atoms with Gasteiger partial charge in [0.05, 0.1) is 11.1 Å². The second-order valence-electron chi connectivity index (χ2n) is 4.66. The van der Waals surface area contributed by atoms with Gasteiger partial charge in [-0.25, -0.2) is 22.4 Å². The standard InChI is InChI=1S/C15H8F4O4/c1-5-2-3-6(7(20)4-5)14(21)8-9(15(22)23)11(17)13(19)12(18)10(8)16/h2-4,20H,1H3,(H,22,23). The molecule has 2 aromatic rings. The van der Waals surface area contributed by atoms with Crippen LogP contribution in [0.2, 0.25) is 0 Å². The molecule has 23 heavy (non-hydrogen) atoms. The summed E-state index contributed by atoms with van der Waals surface area (Å²) in [5.74, 6) is -13.3. The topological polar surface area (TPSA) is 74.6 Å². The predicted molar refractivity (Wildman–Crippen MR) is 69.5 cm³/mol. The fourth-order valence-corrected chi connectivity index (χ4v) is 2.01. The summed E-state index contributed by atoms with van der Waals surface area (Å²) in [5, 5.41) is 18.6. The van der Waals surface area contributed by atoms with Crippen molar-refractivity contribution >= 4 is 11.8 Å². The quantitative estimate of drug-likeness (QED) is 0.393. The van der Waals surface area contributed by atoms with Crippen LogP contribution < -0.4 is 0 Å². The molecule has 0 radical (unpaired) electrons. The Kier molecular flexibility index (Phi) is 4.09. The molecule has 0 aliphatic carbocycles. The summed E-state index contributed by atoms with van der Waals surface area (Å²) in [6.45, 7) is 1.56. The van der Waals surface area contributed by atoms with E-state index in [-0.39, 0.29) is 0 Å². The molecule has 0 aliphatic rings. The van der Waals surface area contributed by atoms with Gasteiger partial charge in [0, 0.05) is 0 Å². The summed E-state index contributed by atoms with van der Waals surface area (Å²) in [6.07, 6.45) is 0. The highest BCUT2D eigenvalue weighted by atomic mass is 19.2. The van der Waals surface area contributed by atoms with E-state index < -0.39 is 57.5 Å². The van der Waals surface area contributed by atoms with Crippen molar-refractivity contribution in [3.05, 3.63) is 63.7 Å². The zero-order chi connectivity index (χ0) is 17.5. The van der Waals surface area contributed by atoms with Crippen molar-refractivity contribution in [3.8, 4) is 5.75 Å². The number of carboxylic acids is 1. The zero-order valence-corrected chi connectivity index (χ0v) is 11.5. The summed E-state index contributed by atoms with van der Waals surface area (Å²) in [5.41, 5.74) is -3.21. The lowest BCUT2D eigenvalue weighted by molar-refractivity contribution is 0.0684. The number of halogens is 4. The fraction of sp³-hybridized carbons (Fsp3) is 0.0667. The van der Waals surface area contributed by atoms with Crippen molar-refractivity contribution in [2.75, 3.05) is 0 Å². The maximum atomic E-state index is 13.9. The van der Waals surface area contributed by atoms with Gasteiger partial charge in [0.1, 0.15) is 11.3 Å². The first-order valence-corrected chi connectivity index (χ1v) is 6.10. The molecule has 0 fully saturated rings. The Bertz CT molecular complexity index is 846. The highest BCUT2D eigenvalue weighted by Crippen LogP contribution is 2.29. The first-order valence-electron chi connectivity index (χ1n) is 6.10. The van der Waals surface area contributed by atoms with Crippen molar-refractivity contribution < 1.29 is 37.4 Å². The lowest BCUT2D eigenvalue weighted by Gasteiger charge is -2.11. The Morgan fingerprint density at radius 1 is 0.913 bits per heavy atom. The van der Waals surface area contributed by atoms with Crippen molar-refractivity contribution in [1.29, 1.82) is 0 Å². The van der Waals surface area contributed by atoms with Crippen molar-refractivity contribution in [3.63, 3.8) is 0 Å². The van der Waals surface area contributed by atoms with Gasteiger partial charge in [0.2, 0.25) is 5.78 Å². The van der Waals surface area contributed by atoms with Gasteiger partial charge >= 0.3 is 5.97 Å². The summed E-state index contributed by atoms with van der Waals surface area (Å²) in [7, 11) is 0. The molecule has 0 saturated heterocycles. The molecular formula is C15H8F4O4. The van der Waals surface area contributed by atoms with E-state index in [4.69, 9.17) is 5.11 Å². The number of rotatable bonds is 3. The number of carboxylic acid groups (broad SMARTS) is 1. The average molecular weight is 328 g/mol. The molecule has 0 atom stereocenters. The molecular weight excluding hydrogens is 320 g/mol. The molecule has 0 aromatic heterocycles. The largest absolute Gasteiger partial charge is 0.507 e. The Morgan fingerprint density at radius 2 is 1.43 bits per heavy atom. The number of phenolic OH excluding ortho intramolecular Hbond substituents is 1. The monoisotopic (exact) mass is 328 g/mol. The van der Waals surface area contributed by atoms with Gasteiger partial charge in [0.25, 0.3) is 0 Å². The van der Waals surface area contributed by atoms with E-state index in [0.29, 0.717) is 5.56 Å². The number of carbonyl (C=O) groups excluding carboxylic acids is 1. The molecule has 0 amide bonds. The third-order valence-corrected chi connectivity index (χ3v) is 3.11. The van der Waals surface area contributed by atoms with E-state index in [1.807, 2.05) is 0 Å². The SMILES string of the molecule is Cc1ccc(C(=O)c2c(F)c(F)c(F)c(F)c2C(=O)O)c(O)c1. The Labute approximate surface area is 126 Å². The molecule has 120 valence electrons. The Balaban J connectivity index is 2.81. The highest BCUT2D eigenvalue weighted by Gasteiger charge is 2.33. The minimum atomic E-state index is -2.34. The lowest BCUT2D eigenvalue weighted by Crippen LogP contribution is -2.18. The normalized spacial score (nSPS) is 10.7. The minimum absolute atomic E-state index is 0.523. The van der Waals surface area contributed by atoms with E-state index >= 15 is 0 Å². The number of aryl methyl sites for hydroxylation is 1. The van der Waals surface area contributed by atoms with Gasteiger partial charge in [0.15, 0.2) is 23.3 Å². The van der Waals surface area contributed by atoms with Crippen LogP contribution in [0.15, 0.2) is 18.2 Å². The number of benzene rings is 2. The van der Waals surface area contributed by atoms with E-state index in [0.717, 1.165) is 12.1 Å². The molecule has 2 aromatic carbocycles. The van der Waals surface area contributed by atoms with Gasteiger partial charge in [-0.3, -0.25) is 4.79 Å². The fourth-order valence-electron chi connectivity index (χ4n) is 2.01. The number of hydrogen-bond donors (Lipinski definition) is 2. The zero-order valence-electron chi connectivity index (χ0n) is 11.5. The van der Waals surface area contributed by atoms with Crippen molar-refractivity contribution in [1.82, 2.24) is 0 Å². The Hall–Kier alpha value is -2.90. The average Bonchev–Trinajstić information content (AvgIpc) is 2.47. The molecule has 0 aliphatic heterocycles. The summed E-state index contributed by atoms with van der Waals surface area (Å²) >= 11 is 0. The van der Waals surface area contributed by atoms with E-state index in [2.05, 4.69) is 0 Å². The van der Waals surface area contributed by atoms with E-state index in [9.17, 15) is 32.3 Å². The molecule has 4 nitrogen and oxygen atoms in total. The predicted octanol–water partition coefficient (Wildman–Crippen LogP) is 3.19. The summed E-state index contributed by atoms with van der Waals surface area (Å²) < 4.78 is 54.0. The molecule has 2 N–H and O–H groups in total. The molecule has 0 bridgehead atoms. The first-order chi connectivity index (χ1) is 10.7. The van der Waals surface area contributed by atoms with E-state index in [1.165, 1.54) is 6.07 Å².